The predicted molar refractivity (Wildman–Crippen MR) is 177 cm³/mol. The fourth-order valence-electron chi connectivity index (χ4n) is 6.91. The van der Waals surface area contributed by atoms with Gasteiger partial charge >= 0.3 is 6.09 Å². The van der Waals surface area contributed by atoms with Crippen LogP contribution in [0.25, 0.3) is 11.1 Å². The highest BCUT2D eigenvalue weighted by Gasteiger charge is 2.42. The van der Waals surface area contributed by atoms with Crippen molar-refractivity contribution in [3.8, 4) is 22.6 Å². The summed E-state index contributed by atoms with van der Waals surface area (Å²) < 4.78 is 27.5. The minimum Gasteiger partial charge on any atom is -0.456 e. The van der Waals surface area contributed by atoms with E-state index in [0.717, 1.165) is 41.8 Å². The first kappa shape index (κ1) is 29.7. The van der Waals surface area contributed by atoms with Crippen molar-refractivity contribution in [1.82, 2.24) is 14.7 Å². The number of ether oxygens (including phenoxy) is 2. The maximum absolute atomic E-state index is 13.8. The summed E-state index contributed by atoms with van der Waals surface area (Å²) in [5.74, 6) is 0.823. The molecule has 3 atom stereocenters. The maximum Gasteiger partial charge on any atom is 0.414 e. The van der Waals surface area contributed by atoms with Gasteiger partial charge < -0.3 is 9.47 Å². The fourth-order valence-corrected chi connectivity index (χ4v) is 6.91. The van der Waals surface area contributed by atoms with Gasteiger partial charge in [0.05, 0.1) is 31.1 Å². The van der Waals surface area contributed by atoms with E-state index < -0.39 is 6.09 Å². The Morgan fingerprint density at radius 3 is 2.22 bits per heavy atom. The molecule has 0 N–H and O–H groups in total. The van der Waals surface area contributed by atoms with E-state index in [1.54, 1.807) is 17.0 Å². The van der Waals surface area contributed by atoms with Crippen LogP contribution in [0.4, 0.5) is 14.9 Å². The van der Waals surface area contributed by atoms with E-state index in [2.05, 4.69) is 83.4 Å². The Morgan fingerprint density at radius 2 is 1.59 bits per heavy atom. The highest BCUT2D eigenvalue weighted by atomic mass is 19.1. The minimum atomic E-state index is -0.408. The second-order valence-corrected chi connectivity index (χ2v) is 12.2. The number of halogens is 1. The van der Waals surface area contributed by atoms with Crippen LogP contribution in [0, 0.1) is 5.82 Å². The van der Waals surface area contributed by atoms with Gasteiger partial charge in [-0.25, -0.2) is 9.18 Å². The predicted octanol–water partition coefficient (Wildman–Crippen LogP) is 8.42. The van der Waals surface area contributed by atoms with Crippen molar-refractivity contribution in [2.75, 3.05) is 18.6 Å². The van der Waals surface area contributed by atoms with Crippen LogP contribution < -0.4 is 9.64 Å². The Kier molecular flexibility index (Phi) is 8.05. The van der Waals surface area contributed by atoms with Crippen molar-refractivity contribution >= 4 is 11.8 Å². The van der Waals surface area contributed by atoms with Crippen molar-refractivity contribution in [2.45, 2.75) is 50.9 Å². The van der Waals surface area contributed by atoms with Gasteiger partial charge in [0, 0.05) is 41.5 Å². The van der Waals surface area contributed by atoms with E-state index in [0.29, 0.717) is 11.5 Å². The number of fused-ring (bicyclic) bond motifs is 1. The summed E-state index contributed by atoms with van der Waals surface area (Å²) in [5, 5.41) is 4.84. The quantitative estimate of drug-likeness (QED) is 0.184. The lowest BCUT2D eigenvalue weighted by Crippen LogP contribution is -2.56. The third-order valence-electron chi connectivity index (χ3n) is 9.45. The standard InChI is InChI=1S/C38H37FN4O3/c1-25-14-19-33-34(43(25)38(44)45-3)21-20-32(37(33)46-31-17-15-30(39)16-18-31)29-22-40-42(23-29)35-24-41(26(35)2)36(27-10-6-4-7-11-27)28-12-8-5-9-13-28/h4-13,15-18,20-23,25-26,35-36H,14,19,24H2,1-3H3. The smallest absolute Gasteiger partial charge is 0.414 e. The molecular formula is C38H37FN4O3. The van der Waals surface area contributed by atoms with Crippen LogP contribution in [0.1, 0.15) is 49.0 Å². The molecule has 3 heterocycles. The third-order valence-corrected chi connectivity index (χ3v) is 9.45. The van der Waals surface area contributed by atoms with E-state index in [1.165, 1.54) is 30.4 Å². The molecule has 2 aliphatic heterocycles. The molecule has 46 heavy (non-hydrogen) atoms. The molecule has 0 aliphatic carbocycles. The number of nitrogens with zero attached hydrogens (tertiary/aromatic N) is 4. The maximum atomic E-state index is 13.8. The molecule has 3 unspecified atom stereocenters. The van der Waals surface area contributed by atoms with E-state index in [-0.39, 0.29) is 30.0 Å². The molecular weight excluding hydrogens is 579 g/mol. The van der Waals surface area contributed by atoms with Gasteiger partial charge in [0.25, 0.3) is 0 Å². The lowest BCUT2D eigenvalue weighted by Gasteiger charge is -2.50. The molecule has 1 aromatic heterocycles. The van der Waals surface area contributed by atoms with Gasteiger partial charge in [-0.2, -0.15) is 5.10 Å². The first-order valence-electron chi connectivity index (χ1n) is 15.8. The number of carbonyl (C=O) groups excluding carboxylic acids is 1. The molecule has 0 bridgehead atoms. The lowest BCUT2D eigenvalue weighted by atomic mass is 9.88. The molecule has 7 rings (SSSR count). The average molecular weight is 617 g/mol. The van der Waals surface area contributed by atoms with Crippen LogP contribution in [0.2, 0.25) is 0 Å². The summed E-state index contributed by atoms with van der Waals surface area (Å²) in [5.41, 5.74) is 5.99. The second kappa shape index (κ2) is 12.4. The number of rotatable bonds is 7. The van der Waals surface area contributed by atoms with Crippen molar-refractivity contribution in [2.24, 2.45) is 0 Å². The summed E-state index contributed by atoms with van der Waals surface area (Å²) in [6, 6.07) is 31.8. The average Bonchev–Trinajstić information content (AvgIpc) is 3.56. The second-order valence-electron chi connectivity index (χ2n) is 12.2. The molecule has 234 valence electrons. The van der Waals surface area contributed by atoms with Crippen LogP contribution in [-0.2, 0) is 11.2 Å². The zero-order chi connectivity index (χ0) is 31.8. The van der Waals surface area contributed by atoms with Crippen molar-refractivity contribution in [3.05, 3.63) is 132 Å². The zero-order valence-corrected chi connectivity index (χ0v) is 26.2. The molecule has 0 radical (unpaired) electrons. The summed E-state index contributed by atoms with van der Waals surface area (Å²) in [7, 11) is 1.40. The summed E-state index contributed by atoms with van der Waals surface area (Å²) in [4.78, 5) is 17.0. The number of carbonyl (C=O) groups is 1. The number of anilines is 1. The highest BCUT2D eigenvalue weighted by molar-refractivity contribution is 5.92. The van der Waals surface area contributed by atoms with E-state index in [9.17, 15) is 9.18 Å². The lowest BCUT2D eigenvalue weighted by molar-refractivity contribution is 0.00209. The third kappa shape index (κ3) is 5.43. The molecule has 0 spiro atoms. The Labute approximate surface area is 268 Å². The van der Waals surface area contributed by atoms with Crippen LogP contribution in [-0.4, -0.2) is 46.5 Å². The van der Waals surface area contributed by atoms with Crippen molar-refractivity contribution < 1.29 is 18.7 Å². The van der Waals surface area contributed by atoms with Gasteiger partial charge in [0.15, 0.2) is 0 Å². The fraction of sp³-hybridized carbons (Fsp3) is 0.263. The Bertz CT molecular complexity index is 1790. The van der Waals surface area contributed by atoms with Crippen LogP contribution in [0.15, 0.2) is 109 Å². The Balaban J connectivity index is 1.21. The number of methoxy groups -OCH3 is 1. The zero-order valence-electron chi connectivity index (χ0n) is 26.2. The highest BCUT2D eigenvalue weighted by Crippen LogP contribution is 2.46. The molecule has 1 saturated heterocycles. The minimum absolute atomic E-state index is 0.0223. The van der Waals surface area contributed by atoms with Crippen LogP contribution in [0.5, 0.6) is 11.5 Å². The number of likely N-dealkylation sites (tertiary alicyclic amines) is 1. The van der Waals surface area contributed by atoms with Crippen LogP contribution in [0.3, 0.4) is 0 Å². The molecule has 1 fully saturated rings. The molecule has 4 aromatic carbocycles. The van der Waals surface area contributed by atoms with Gasteiger partial charge in [-0.1, -0.05) is 60.7 Å². The summed E-state index contributed by atoms with van der Waals surface area (Å²) >= 11 is 0. The molecule has 2 aliphatic rings. The molecule has 8 heteroatoms. The molecule has 1 amide bonds. The number of aromatic nitrogens is 2. The molecule has 5 aromatic rings. The summed E-state index contributed by atoms with van der Waals surface area (Å²) in [6.45, 7) is 5.13. The number of benzene rings is 4. The Morgan fingerprint density at radius 1 is 0.913 bits per heavy atom. The van der Waals surface area contributed by atoms with Crippen LogP contribution >= 0.6 is 0 Å². The van der Waals surface area contributed by atoms with Gasteiger partial charge in [-0.05, 0) is 74.2 Å². The van der Waals surface area contributed by atoms with E-state index in [1.807, 2.05) is 25.3 Å². The number of hydrogen-bond acceptors (Lipinski definition) is 5. The Hall–Kier alpha value is -4.95. The van der Waals surface area contributed by atoms with Gasteiger partial charge in [-0.3, -0.25) is 14.5 Å². The first-order chi connectivity index (χ1) is 22.4. The normalized spacial score (nSPS) is 19.4. The van der Waals surface area contributed by atoms with Gasteiger partial charge in [-0.15, -0.1) is 0 Å². The molecule has 0 saturated carbocycles. The van der Waals surface area contributed by atoms with Gasteiger partial charge in [0.2, 0.25) is 0 Å². The monoisotopic (exact) mass is 616 g/mol. The van der Waals surface area contributed by atoms with Crippen molar-refractivity contribution in [1.29, 1.82) is 0 Å². The summed E-state index contributed by atoms with van der Waals surface area (Å²) in [6.07, 6.45) is 5.03. The topological polar surface area (TPSA) is 59.8 Å². The largest absolute Gasteiger partial charge is 0.456 e. The van der Waals surface area contributed by atoms with E-state index in [4.69, 9.17) is 14.6 Å². The first-order valence-corrected chi connectivity index (χ1v) is 15.8. The number of amides is 1. The SMILES string of the molecule is COC(=O)N1c2ccc(-c3cnn(C4CN(C(c5ccccc5)c5ccccc5)C4C)c3)c(Oc3ccc(F)cc3)c2CCC1C. The van der Waals surface area contributed by atoms with Gasteiger partial charge in [0.1, 0.15) is 17.3 Å². The van der Waals surface area contributed by atoms with Crippen molar-refractivity contribution in [3.63, 3.8) is 0 Å². The molecule has 7 nitrogen and oxygen atoms in total. The number of hydrogen-bond donors (Lipinski definition) is 0. The van der Waals surface area contributed by atoms with E-state index >= 15 is 0 Å².